The molecule has 0 rings (SSSR count). The second-order valence-electron chi connectivity index (χ2n) is 3.35. The van der Waals surface area contributed by atoms with Crippen molar-refractivity contribution < 1.29 is 9.47 Å². The smallest absolute Gasteiger partial charge is 0.0700 e. The van der Waals surface area contributed by atoms with E-state index in [4.69, 9.17) is 9.47 Å². The Hall–Kier alpha value is 0.137. The van der Waals surface area contributed by atoms with Crippen LogP contribution in [-0.2, 0) is 9.47 Å². The molecular formula is C9H22O2Si. The SMILES string of the molecule is CCOCCOCCC[SiH](C)C. The van der Waals surface area contributed by atoms with Crippen LogP contribution < -0.4 is 0 Å². The van der Waals surface area contributed by atoms with Crippen LogP contribution in [0.1, 0.15) is 13.3 Å². The molecule has 0 saturated heterocycles. The first-order chi connectivity index (χ1) is 5.77. The molecule has 0 atom stereocenters. The van der Waals surface area contributed by atoms with Crippen molar-refractivity contribution in [2.75, 3.05) is 26.4 Å². The summed E-state index contributed by atoms with van der Waals surface area (Å²) in [6, 6.07) is 1.40. The lowest BCUT2D eigenvalue weighted by Gasteiger charge is -2.05. The lowest BCUT2D eigenvalue weighted by atomic mass is 10.5. The average Bonchev–Trinajstić information content (AvgIpc) is 2.02. The number of rotatable bonds is 8. The number of hydrogen-bond acceptors (Lipinski definition) is 2. The van der Waals surface area contributed by atoms with Gasteiger partial charge in [-0.25, -0.2) is 0 Å². The maximum atomic E-state index is 5.38. The van der Waals surface area contributed by atoms with Crippen molar-refractivity contribution >= 4 is 8.80 Å². The molecule has 2 nitrogen and oxygen atoms in total. The molecule has 0 saturated carbocycles. The van der Waals surface area contributed by atoms with Crippen LogP contribution in [0.4, 0.5) is 0 Å². The Morgan fingerprint density at radius 1 is 1.00 bits per heavy atom. The van der Waals surface area contributed by atoms with Gasteiger partial charge in [-0.1, -0.05) is 19.1 Å². The molecule has 0 amide bonds. The second kappa shape index (κ2) is 9.23. The molecule has 0 bridgehead atoms. The third kappa shape index (κ3) is 10.1. The molecule has 0 aliphatic rings. The molecular weight excluding hydrogens is 168 g/mol. The van der Waals surface area contributed by atoms with Crippen LogP contribution in [0.5, 0.6) is 0 Å². The Labute approximate surface area is 77.9 Å². The summed E-state index contributed by atoms with van der Waals surface area (Å²) in [7, 11) is -0.347. The maximum Gasteiger partial charge on any atom is 0.0700 e. The van der Waals surface area contributed by atoms with Crippen LogP contribution in [-0.4, -0.2) is 35.2 Å². The lowest BCUT2D eigenvalue weighted by molar-refractivity contribution is 0.0531. The van der Waals surface area contributed by atoms with E-state index in [1.54, 1.807) is 0 Å². The van der Waals surface area contributed by atoms with Crippen molar-refractivity contribution in [1.29, 1.82) is 0 Å². The van der Waals surface area contributed by atoms with Crippen molar-refractivity contribution in [3.8, 4) is 0 Å². The Kier molecular flexibility index (Phi) is 9.33. The van der Waals surface area contributed by atoms with E-state index in [0.717, 1.165) is 26.4 Å². The zero-order valence-corrected chi connectivity index (χ0v) is 9.79. The minimum atomic E-state index is -0.347. The predicted molar refractivity (Wildman–Crippen MR) is 55.6 cm³/mol. The van der Waals surface area contributed by atoms with Crippen molar-refractivity contribution in [3.05, 3.63) is 0 Å². The van der Waals surface area contributed by atoms with Gasteiger partial charge in [0, 0.05) is 22.0 Å². The normalized spacial score (nSPS) is 11.0. The summed E-state index contributed by atoms with van der Waals surface area (Å²) in [4.78, 5) is 0. The van der Waals surface area contributed by atoms with Gasteiger partial charge in [-0.3, -0.25) is 0 Å². The van der Waals surface area contributed by atoms with Gasteiger partial charge in [0.05, 0.1) is 13.2 Å². The molecule has 0 spiro atoms. The molecule has 0 fully saturated rings. The highest BCUT2D eigenvalue weighted by Gasteiger charge is 1.94. The van der Waals surface area contributed by atoms with Crippen LogP contribution in [0.2, 0.25) is 19.1 Å². The minimum absolute atomic E-state index is 0.347. The molecule has 0 aliphatic heterocycles. The number of hydrogen-bond donors (Lipinski definition) is 0. The van der Waals surface area contributed by atoms with Gasteiger partial charge in [-0.15, -0.1) is 0 Å². The molecule has 0 aliphatic carbocycles. The van der Waals surface area contributed by atoms with Crippen LogP contribution >= 0.6 is 0 Å². The number of ether oxygens (including phenoxy) is 2. The van der Waals surface area contributed by atoms with Gasteiger partial charge in [-0.2, -0.15) is 0 Å². The molecule has 0 radical (unpaired) electrons. The summed E-state index contributed by atoms with van der Waals surface area (Å²) in [6.45, 7) is 9.97. The van der Waals surface area contributed by atoms with E-state index in [0.29, 0.717) is 0 Å². The van der Waals surface area contributed by atoms with Crippen molar-refractivity contribution in [2.45, 2.75) is 32.5 Å². The first-order valence-corrected chi connectivity index (χ1v) is 8.05. The van der Waals surface area contributed by atoms with Crippen molar-refractivity contribution in [1.82, 2.24) is 0 Å². The second-order valence-corrected chi connectivity index (χ2v) is 6.71. The molecule has 0 aromatic rings. The Morgan fingerprint density at radius 3 is 2.25 bits per heavy atom. The lowest BCUT2D eigenvalue weighted by Crippen LogP contribution is -2.07. The third-order valence-electron chi connectivity index (χ3n) is 1.65. The fourth-order valence-electron chi connectivity index (χ4n) is 0.958. The largest absolute Gasteiger partial charge is 0.379 e. The van der Waals surface area contributed by atoms with E-state index in [1.165, 1.54) is 12.5 Å². The summed E-state index contributed by atoms with van der Waals surface area (Å²) in [6.07, 6.45) is 1.23. The summed E-state index contributed by atoms with van der Waals surface area (Å²) < 4.78 is 10.5. The first-order valence-electron chi connectivity index (χ1n) is 4.92. The molecule has 12 heavy (non-hydrogen) atoms. The minimum Gasteiger partial charge on any atom is -0.379 e. The Bertz CT molecular complexity index is 86.6. The van der Waals surface area contributed by atoms with Gasteiger partial charge in [-0.05, 0) is 13.3 Å². The van der Waals surface area contributed by atoms with Gasteiger partial charge in [0.15, 0.2) is 0 Å². The van der Waals surface area contributed by atoms with Gasteiger partial charge < -0.3 is 9.47 Å². The quantitative estimate of drug-likeness (QED) is 0.430. The summed E-state index contributed by atoms with van der Waals surface area (Å²) in [5.41, 5.74) is 0. The summed E-state index contributed by atoms with van der Waals surface area (Å²) in [5, 5.41) is 0. The summed E-state index contributed by atoms with van der Waals surface area (Å²) >= 11 is 0. The topological polar surface area (TPSA) is 18.5 Å². The van der Waals surface area contributed by atoms with E-state index >= 15 is 0 Å². The van der Waals surface area contributed by atoms with E-state index < -0.39 is 0 Å². The highest BCUT2D eigenvalue weighted by Crippen LogP contribution is 1.96. The van der Waals surface area contributed by atoms with E-state index in [1.807, 2.05) is 6.92 Å². The van der Waals surface area contributed by atoms with E-state index in [-0.39, 0.29) is 8.80 Å². The zero-order chi connectivity index (χ0) is 9.23. The molecule has 3 heteroatoms. The van der Waals surface area contributed by atoms with Gasteiger partial charge >= 0.3 is 0 Å². The van der Waals surface area contributed by atoms with Crippen molar-refractivity contribution in [3.63, 3.8) is 0 Å². The third-order valence-corrected chi connectivity index (χ3v) is 3.21. The highest BCUT2D eigenvalue weighted by atomic mass is 28.3. The van der Waals surface area contributed by atoms with Crippen LogP contribution in [0.3, 0.4) is 0 Å². The molecule has 0 unspecified atom stereocenters. The van der Waals surface area contributed by atoms with E-state index in [9.17, 15) is 0 Å². The summed E-state index contributed by atoms with van der Waals surface area (Å²) in [5.74, 6) is 0. The maximum absolute atomic E-state index is 5.38. The molecule has 0 heterocycles. The molecule has 74 valence electrons. The predicted octanol–water partition coefficient (Wildman–Crippen LogP) is 1.92. The zero-order valence-electron chi connectivity index (χ0n) is 8.64. The highest BCUT2D eigenvalue weighted by molar-refractivity contribution is 6.55. The van der Waals surface area contributed by atoms with Gasteiger partial charge in [0.25, 0.3) is 0 Å². The fourth-order valence-corrected chi connectivity index (χ4v) is 1.94. The molecule has 0 aromatic carbocycles. The monoisotopic (exact) mass is 190 g/mol. The van der Waals surface area contributed by atoms with Gasteiger partial charge in [0.1, 0.15) is 0 Å². The first kappa shape index (κ1) is 12.1. The average molecular weight is 190 g/mol. The van der Waals surface area contributed by atoms with Crippen LogP contribution in [0, 0.1) is 0 Å². The molecule has 0 N–H and O–H groups in total. The van der Waals surface area contributed by atoms with E-state index in [2.05, 4.69) is 13.1 Å². The fraction of sp³-hybridized carbons (Fsp3) is 1.00. The Morgan fingerprint density at radius 2 is 1.67 bits per heavy atom. The molecule has 0 aromatic heterocycles. The van der Waals surface area contributed by atoms with Crippen LogP contribution in [0.25, 0.3) is 0 Å². The van der Waals surface area contributed by atoms with Crippen molar-refractivity contribution in [2.24, 2.45) is 0 Å². The van der Waals surface area contributed by atoms with Gasteiger partial charge in [0.2, 0.25) is 0 Å². The van der Waals surface area contributed by atoms with Crippen LogP contribution in [0.15, 0.2) is 0 Å². The Balaban J connectivity index is 2.82. The standard InChI is InChI=1S/C9H22O2Si/c1-4-10-7-8-11-6-5-9-12(2)3/h12H,4-9H2,1-3H3.